The third kappa shape index (κ3) is 3.35. The molecule has 2 rings (SSSR count). The third-order valence-corrected chi connectivity index (χ3v) is 3.44. The maximum atomic E-state index is 11.9. The van der Waals surface area contributed by atoms with E-state index in [4.69, 9.17) is 5.11 Å². The van der Waals surface area contributed by atoms with Crippen LogP contribution >= 0.6 is 11.3 Å². The molecule has 0 fully saturated rings. The molecule has 0 spiro atoms. The predicted molar refractivity (Wildman–Crippen MR) is 76.5 cm³/mol. The standard InChI is InChI=1S/C14H12N2O3S/c17-7-2-3-10-5-8-20-12(10)9-16-14(19)11-4-1-6-15-13(11)18/h1,4-6,8,17H,7,9H2,(H,15,18)(H,16,19). The molecular formula is C14H12N2O3S. The van der Waals surface area contributed by atoms with Crippen LogP contribution in [0.25, 0.3) is 0 Å². The summed E-state index contributed by atoms with van der Waals surface area (Å²) in [5.41, 5.74) is 0.426. The average Bonchev–Trinajstić information content (AvgIpc) is 2.90. The van der Waals surface area contributed by atoms with Crippen molar-refractivity contribution in [2.24, 2.45) is 0 Å². The van der Waals surface area contributed by atoms with Gasteiger partial charge < -0.3 is 15.4 Å². The minimum Gasteiger partial charge on any atom is -0.384 e. The summed E-state index contributed by atoms with van der Waals surface area (Å²) in [6.07, 6.45) is 1.47. The highest BCUT2D eigenvalue weighted by atomic mass is 32.1. The molecule has 0 unspecified atom stereocenters. The van der Waals surface area contributed by atoms with E-state index in [0.29, 0.717) is 6.54 Å². The Hall–Kier alpha value is -2.36. The molecule has 3 N–H and O–H groups in total. The molecule has 0 aliphatic heterocycles. The summed E-state index contributed by atoms with van der Waals surface area (Å²) >= 11 is 1.46. The van der Waals surface area contributed by atoms with Crippen LogP contribution in [0.3, 0.4) is 0 Å². The van der Waals surface area contributed by atoms with E-state index < -0.39 is 11.5 Å². The van der Waals surface area contributed by atoms with Crippen LogP contribution in [0.5, 0.6) is 0 Å². The summed E-state index contributed by atoms with van der Waals surface area (Å²) < 4.78 is 0. The molecule has 0 aliphatic carbocycles. The number of nitrogens with one attached hydrogen (secondary N) is 2. The molecule has 0 bridgehead atoms. The summed E-state index contributed by atoms with van der Waals surface area (Å²) in [6.45, 7) is 0.0846. The zero-order valence-electron chi connectivity index (χ0n) is 10.5. The number of aliphatic hydroxyl groups excluding tert-OH is 1. The Kier molecular flexibility index (Phi) is 4.71. The number of pyridine rings is 1. The lowest BCUT2D eigenvalue weighted by Crippen LogP contribution is -2.28. The number of H-pyrrole nitrogens is 1. The zero-order chi connectivity index (χ0) is 14.4. The van der Waals surface area contributed by atoms with Gasteiger partial charge in [-0.15, -0.1) is 11.3 Å². The van der Waals surface area contributed by atoms with Crippen molar-refractivity contribution in [3.05, 3.63) is 56.1 Å². The van der Waals surface area contributed by atoms with E-state index in [1.165, 1.54) is 23.6 Å². The fraction of sp³-hybridized carbons (Fsp3) is 0.143. The van der Waals surface area contributed by atoms with Gasteiger partial charge in [-0.05, 0) is 23.6 Å². The Bertz CT molecular complexity index is 722. The van der Waals surface area contributed by atoms with Crippen LogP contribution in [0.4, 0.5) is 0 Å². The molecule has 2 aromatic heterocycles. The van der Waals surface area contributed by atoms with Crippen LogP contribution in [0.15, 0.2) is 34.6 Å². The summed E-state index contributed by atoms with van der Waals surface area (Å²) in [5, 5.41) is 13.2. The Labute approximate surface area is 119 Å². The summed E-state index contributed by atoms with van der Waals surface area (Å²) in [6, 6.07) is 4.89. The van der Waals surface area contributed by atoms with Gasteiger partial charge in [0, 0.05) is 16.6 Å². The number of thiophene rings is 1. The van der Waals surface area contributed by atoms with Gasteiger partial charge in [0.1, 0.15) is 12.2 Å². The molecule has 20 heavy (non-hydrogen) atoms. The molecule has 0 saturated heterocycles. The molecule has 102 valence electrons. The van der Waals surface area contributed by atoms with Crippen LogP contribution < -0.4 is 10.9 Å². The second kappa shape index (κ2) is 6.70. The minimum atomic E-state index is -0.429. The van der Waals surface area contributed by atoms with E-state index in [9.17, 15) is 9.59 Å². The van der Waals surface area contributed by atoms with E-state index in [2.05, 4.69) is 22.1 Å². The SMILES string of the molecule is O=C(NCc1sccc1C#CCO)c1ccc[nH]c1=O. The molecule has 0 aromatic carbocycles. The minimum absolute atomic E-state index is 0.0760. The molecule has 2 heterocycles. The van der Waals surface area contributed by atoms with E-state index >= 15 is 0 Å². The first-order chi connectivity index (χ1) is 9.72. The molecular weight excluding hydrogens is 276 g/mol. The van der Waals surface area contributed by atoms with Crippen LogP contribution in [0.1, 0.15) is 20.8 Å². The lowest BCUT2D eigenvalue weighted by atomic mass is 10.2. The summed E-state index contributed by atoms with van der Waals surface area (Å²) in [7, 11) is 0. The highest BCUT2D eigenvalue weighted by Gasteiger charge is 2.10. The van der Waals surface area contributed by atoms with Crippen LogP contribution in [0, 0.1) is 11.8 Å². The Morgan fingerprint density at radius 1 is 1.45 bits per heavy atom. The van der Waals surface area contributed by atoms with Gasteiger partial charge >= 0.3 is 0 Å². The summed E-state index contributed by atoms with van der Waals surface area (Å²) in [4.78, 5) is 26.7. The van der Waals surface area contributed by atoms with Crippen molar-refractivity contribution in [3.8, 4) is 11.8 Å². The van der Waals surface area contributed by atoms with Crippen LogP contribution in [-0.2, 0) is 6.54 Å². The number of carbonyl (C=O) groups is 1. The van der Waals surface area contributed by atoms with Gasteiger partial charge in [0.25, 0.3) is 11.5 Å². The molecule has 0 aliphatic rings. The predicted octanol–water partition coefficient (Wildman–Crippen LogP) is 0.710. The van der Waals surface area contributed by atoms with Gasteiger partial charge in [0.05, 0.1) is 6.54 Å². The lowest BCUT2D eigenvalue weighted by molar-refractivity contribution is 0.0950. The highest BCUT2D eigenvalue weighted by Crippen LogP contribution is 2.15. The summed E-state index contributed by atoms with van der Waals surface area (Å²) in [5.74, 6) is 4.94. The van der Waals surface area contributed by atoms with Crippen molar-refractivity contribution in [3.63, 3.8) is 0 Å². The van der Waals surface area contributed by atoms with Gasteiger partial charge in [-0.3, -0.25) is 9.59 Å². The van der Waals surface area contributed by atoms with E-state index in [0.717, 1.165) is 10.4 Å². The fourth-order valence-electron chi connectivity index (χ4n) is 1.58. The molecule has 5 nitrogen and oxygen atoms in total. The second-order valence-corrected chi connectivity index (χ2v) is 4.81. The van der Waals surface area contributed by atoms with E-state index in [-0.39, 0.29) is 12.2 Å². The molecule has 1 amide bonds. The zero-order valence-corrected chi connectivity index (χ0v) is 11.3. The molecule has 2 aromatic rings. The van der Waals surface area contributed by atoms with Gasteiger partial charge in [0.15, 0.2) is 0 Å². The number of carbonyl (C=O) groups excluding carboxylic acids is 1. The van der Waals surface area contributed by atoms with E-state index in [1.807, 2.05) is 11.4 Å². The Morgan fingerprint density at radius 3 is 3.05 bits per heavy atom. The van der Waals surface area contributed by atoms with Crippen molar-refractivity contribution in [2.45, 2.75) is 6.54 Å². The van der Waals surface area contributed by atoms with Gasteiger partial charge in [-0.1, -0.05) is 11.8 Å². The maximum absolute atomic E-state index is 11.9. The number of amides is 1. The first-order valence-electron chi connectivity index (χ1n) is 5.84. The largest absolute Gasteiger partial charge is 0.384 e. The molecule has 0 saturated carbocycles. The number of rotatable bonds is 3. The van der Waals surface area contributed by atoms with Crippen LogP contribution in [0.2, 0.25) is 0 Å². The number of hydrogen-bond acceptors (Lipinski definition) is 4. The van der Waals surface area contributed by atoms with E-state index in [1.54, 1.807) is 6.07 Å². The molecule has 0 atom stereocenters. The van der Waals surface area contributed by atoms with Crippen molar-refractivity contribution in [2.75, 3.05) is 6.61 Å². The lowest BCUT2D eigenvalue weighted by Gasteiger charge is -2.03. The average molecular weight is 288 g/mol. The van der Waals surface area contributed by atoms with Crippen molar-refractivity contribution in [1.82, 2.24) is 10.3 Å². The topological polar surface area (TPSA) is 82.2 Å². The van der Waals surface area contributed by atoms with Crippen molar-refractivity contribution in [1.29, 1.82) is 0 Å². The third-order valence-electron chi connectivity index (χ3n) is 2.52. The second-order valence-electron chi connectivity index (χ2n) is 3.81. The number of aliphatic hydroxyl groups is 1. The highest BCUT2D eigenvalue weighted by molar-refractivity contribution is 7.10. The number of aromatic nitrogens is 1. The quantitative estimate of drug-likeness (QED) is 0.728. The number of aromatic amines is 1. The Balaban J connectivity index is 2.06. The first kappa shape index (κ1) is 14.1. The maximum Gasteiger partial charge on any atom is 0.260 e. The van der Waals surface area contributed by atoms with Gasteiger partial charge in [-0.2, -0.15) is 0 Å². The van der Waals surface area contributed by atoms with Crippen LogP contribution in [-0.4, -0.2) is 22.6 Å². The molecule has 6 heteroatoms. The smallest absolute Gasteiger partial charge is 0.260 e. The Morgan fingerprint density at radius 2 is 2.30 bits per heavy atom. The molecule has 0 radical (unpaired) electrons. The van der Waals surface area contributed by atoms with Crippen molar-refractivity contribution < 1.29 is 9.90 Å². The number of hydrogen-bond donors (Lipinski definition) is 3. The first-order valence-corrected chi connectivity index (χ1v) is 6.72. The van der Waals surface area contributed by atoms with Gasteiger partial charge in [-0.25, -0.2) is 0 Å². The monoisotopic (exact) mass is 288 g/mol. The van der Waals surface area contributed by atoms with Crippen molar-refractivity contribution >= 4 is 17.2 Å². The van der Waals surface area contributed by atoms with Gasteiger partial charge in [0.2, 0.25) is 0 Å². The normalized spacial score (nSPS) is 9.65. The fourth-order valence-corrected chi connectivity index (χ4v) is 2.35.